The Morgan fingerprint density at radius 1 is 1.22 bits per heavy atom. The molecule has 0 atom stereocenters. The smallest absolute Gasteiger partial charge is 0.171 e. The molecule has 1 aromatic rings. The number of hydrogen-bond acceptors (Lipinski definition) is 3. The molecule has 2 nitrogen and oxygen atoms in total. The predicted molar refractivity (Wildman–Crippen MR) is 76.6 cm³/mol. The van der Waals surface area contributed by atoms with E-state index in [9.17, 15) is 4.79 Å². The zero-order valence-corrected chi connectivity index (χ0v) is 12.7. The summed E-state index contributed by atoms with van der Waals surface area (Å²) in [6.07, 6.45) is 6.46. The first-order chi connectivity index (χ1) is 8.39. The van der Waals surface area contributed by atoms with Gasteiger partial charge in [-0.25, -0.2) is 4.98 Å². The van der Waals surface area contributed by atoms with Gasteiger partial charge in [0.25, 0.3) is 0 Å². The SMILES string of the molecule is CC(=O)c1sc(C2CCCCC2)nc1C(C)(C)C. The highest BCUT2D eigenvalue weighted by molar-refractivity contribution is 7.13. The molecule has 0 N–H and O–H groups in total. The third-order valence-electron chi connectivity index (χ3n) is 3.63. The van der Waals surface area contributed by atoms with Crippen molar-refractivity contribution in [1.82, 2.24) is 4.98 Å². The molecule has 0 aromatic carbocycles. The van der Waals surface area contributed by atoms with E-state index in [1.54, 1.807) is 18.3 Å². The summed E-state index contributed by atoms with van der Waals surface area (Å²) in [7, 11) is 0. The number of thiazole rings is 1. The van der Waals surface area contributed by atoms with E-state index in [0.717, 1.165) is 10.6 Å². The Kier molecular flexibility index (Phi) is 3.90. The third kappa shape index (κ3) is 2.82. The van der Waals surface area contributed by atoms with Crippen molar-refractivity contribution < 1.29 is 4.79 Å². The predicted octanol–water partition coefficient (Wildman–Crippen LogP) is 4.69. The van der Waals surface area contributed by atoms with Crippen LogP contribution in [0.5, 0.6) is 0 Å². The summed E-state index contributed by atoms with van der Waals surface area (Å²) in [5.74, 6) is 0.762. The van der Waals surface area contributed by atoms with E-state index < -0.39 is 0 Å². The van der Waals surface area contributed by atoms with E-state index in [1.165, 1.54) is 37.1 Å². The molecule has 1 heterocycles. The van der Waals surface area contributed by atoms with Crippen molar-refractivity contribution in [3.8, 4) is 0 Å². The van der Waals surface area contributed by atoms with E-state index in [2.05, 4.69) is 20.8 Å². The van der Waals surface area contributed by atoms with E-state index >= 15 is 0 Å². The molecule has 0 amide bonds. The molecule has 0 unspecified atom stereocenters. The van der Waals surface area contributed by atoms with Gasteiger partial charge in [0.05, 0.1) is 15.6 Å². The van der Waals surface area contributed by atoms with Crippen LogP contribution in [0.4, 0.5) is 0 Å². The summed E-state index contributed by atoms with van der Waals surface area (Å²) >= 11 is 1.64. The van der Waals surface area contributed by atoms with Gasteiger partial charge in [-0.2, -0.15) is 0 Å². The second-order valence-corrected chi connectivity index (χ2v) is 7.40. The van der Waals surface area contributed by atoms with Crippen LogP contribution in [-0.4, -0.2) is 10.8 Å². The first-order valence-corrected chi connectivity index (χ1v) is 7.73. The molecule has 1 fully saturated rings. The Morgan fingerprint density at radius 2 is 1.83 bits per heavy atom. The zero-order valence-electron chi connectivity index (χ0n) is 11.9. The van der Waals surface area contributed by atoms with Crippen molar-refractivity contribution in [3.05, 3.63) is 15.6 Å². The first kappa shape index (κ1) is 13.7. The number of ketones is 1. The van der Waals surface area contributed by atoms with Crippen LogP contribution in [0.2, 0.25) is 0 Å². The molecule has 18 heavy (non-hydrogen) atoms. The zero-order chi connectivity index (χ0) is 13.3. The fraction of sp³-hybridized carbons (Fsp3) is 0.733. The van der Waals surface area contributed by atoms with Gasteiger partial charge in [-0.3, -0.25) is 4.79 Å². The minimum atomic E-state index is -0.0373. The number of carbonyl (C=O) groups is 1. The van der Waals surface area contributed by atoms with E-state index in [1.807, 2.05) is 0 Å². The Hall–Kier alpha value is -0.700. The fourth-order valence-corrected chi connectivity index (χ4v) is 3.95. The van der Waals surface area contributed by atoms with Gasteiger partial charge in [0, 0.05) is 18.3 Å². The maximum Gasteiger partial charge on any atom is 0.171 e. The lowest BCUT2D eigenvalue weighted by Crippen LogP contribution is -2.15. The molecule has 2 rings (SSSR count). The van der Waals surface area contributed by atoms with Gasteiger partial charge in [0.15, 0.2) is 5.78 Å². The highest BCUT2D eigenvalue weighted by atomic mass is 32.1. The number of carbonyl (C=O) groups excluding carboxylic acids is 1. The summed E-state index contributed by atoms with van der Waals surface area (Å²) in [6.45, 7) is 8.07. The van der Waals surface area contributed by atoms with Gasteiger partial charge in [0.1, 0.15) is 0 Å². The van der Waals surface area contributed by atoms with Crippen LogP contribution in [0.3, 0.4) is 0 Å². The highest BCUT2D eigenvalue weighted by Gasteiger charge is 2.28. The lowest BCUT2D eigenvalue weighted by atomic mass is 9.89. The average molecular weight is 265 g/mol. The molecule has 1 aliphatic rings. The monoisotopic (exact) mass is 265 g/mol. The summed E-state index contributed by atoms with van der Waals surface area (Å²) < 4.78 is 0. The van der Waals surface area contributed by atoms with Crippen molar-refractivity contribution in [2.45, 2.75) is 71.1 Å². The number of nitrogens with zero attached hydrogens (tertiary/aromatic N) is 1. The third-order valence-corrected chi connectivity index (χ3v) is 4.95. The summed E-state index contributed by atoms with van der Waals surface area (Å²) in [5, 5.41) is 1.20. The Balaban J connectivity index is 2.35. The summed E-state index contributed by atoms with van der Waals surface area (Å²) in [6, 6.07) is 0. The largest absolute Gasteiger partial charge is 0.294 e. The Bertz CT molecular complexity index is 436. The van der Waals surface area contributed by atoms with Crippen molar-refractivity contribution in [2.75, 3.05) is 0 Å². The maximum atomic E-state index is 11.8. The molecule has 1 aliphatic carbocycles. The number of hydrogen-bond donors (Lipinski definition) is 0. The van der Waals surface area contributed by atoms with Crippen molar-refractivity contribution in [2.24, 2.45) is 0 Å². The molecular formula is C15H23NOS. The van der Waals surface area contributed by atoms with Crippen molar-refractivity contribution in [3.63, 3.8) is 0 Å². The lowest BCUT2D eigenvalue weighted by molar-refractivity contribution is 0.101. The van der Waals surface area contributed by atoms with Crippen molar-refractivity contribution in [1.29, 1.82) is 0 Å². The van der Waals surface area contributed by atoms with Crippen LogP contribution >= 0.6 is 11.3 Å². The molecule has 1 saturated carbocycles. The average Bonchev–Trinajstić information content (AvgIpc) is 2.74. The quantitative estimate of drug-likeness (QED) is 0.726. The van der Waals surface area contributed by atoms with E-state index in [0.29, 0.717) is 5.92 Å². The van der Waals surface area contributed by atoms with Gasteiger partial charge in [-0.1, -0.05) is 40.0 Å². The molecule has 0 aliphatic heterocycles. The van der Waals surface area contributed by atoms with Crippen LogP contribution < -0.4 is 0 Å². The molecule has 3 heteroatoms. The number of rotatable bonds is 2. The highest BCUT2D eigenvalue weighted by Crippen LogP contribution is 2.38. The van der Waals surface area contributed by atoms with Crippen LogP contribution in [0.25, 0.3) is 0 Å². The number of Topliss-reactive ketones (excluding diaryl/α,β-unsaturated/α-hetero) is 1. The Morgan fingerprint density at radius 3 is 2.28 bits per heavy atom. The second kappa shape index (κ2) is 5.12. The normalized spacial score (nSPS) is 18.0. The fourth-order valence-electron chi connectivity index (χ4n) is 2.61. The van der Waals surface area contributed by atoms with E-state index in [-0.39, 0.29) is 11.2 Å². The minimum Gasteiger partial charge on any atom is -0.294 e. The molecule has 100 valence electrons. The summed E-state index contributed by atoms with van der Waals surface area (Å²) in [4.78, 5) is 17.5. The van der Waals surface area contributed by atoms with Crippen LogP contribution in [0.1, 0.15) is 86.1 Å². The van der Waals surface area contributed by atoms with Crippen LogP contribution in [-0.2, 0) is 5.41 Å². The molecule has 0 saturated heterocycles. The van der Waals surface area contributed by atoms with Gasteiger partial charge >= 0.3 is 0 Å². The standard InChI is InChI=1S/C15H23NOS/c1-10(17)12-13(15(2,3)4)16-14(18-12)11-8-6-5-7-9-11/h11H,5-9H2,1-4H3. The first-order valence-electron chi connectivity index (χ1n) is 6.91. The van der Waals surface area contributed by atoms with Crippen LogP contribution in [0, 0.1) is 0 Å². The molecule has 1 aromatic heterocycles. The molecule has 0 bridgehead atoms. The second-order valence-electron chi connectivity index (χ2n) is 6.37. The van der Waals surface area contributed by atoms with E-state index in [4.69, 9.17) is 4.98 Å². The van der Waals surface area contributed by atoms with Gasteiger partial charge in [0.2, 0.25) is 0 Å². The van der Waals surface area contributed by atoms with Crippen molar-refractivity contribution >= 4 is 17.1 Å². The minimum absolute atomic E-state index is 0.0373. The Labute approximate surface area is 114 Å². The van der Waals surface area contributed by atoms with Crippen LogP contribution in [0.15, 0.2) is 0 Å². The molecule has 0 spiro atoms. The molecule has 0 radical (unpaired) electrons. The number of aromatic nitrogens is 1. The van der Waals surface area contributed by atoms with Gasteiger partial charge in [-0.05, 0) is 12.8 Å². The maximum absolute atomic E-state index is 11.8. The lowest BCUT2D eigenvalue weighted by Gasteiger charge is -2.19. The molecular weight excluding hydrogens is 242 g/mol. The topological polar surface area (TPSA) is 30.0 Å². The van der Waals surface area contributed by atoms with Gasteiger partial charge < -0.3 is 0 Å². The van der Waals surface area contributed by atoms with Gasteiger partial charge in [-0.15, -0.1) is 11.3 Å². The summed E-state index contributed by atoms with van der Waals surface area (Å²) in [5.41, 5.74) is 0.963.